The molecule has 2 aliphatic rings. The predicted octanol–water partition coefficient (Wildman–Crippen LogP) is 4.05. The molecule has 0 heterocycles. The Labute approximate surface area is 137 Å². The maximum Gasteiger partial charge on any atom is 0.260 e. The Morgan fingerprint density at radius 3 is 2.68 bits per heavy atom. The minimum Gasteiger partial charge on any atom is -0.479 e. The number of hydrogen-bond acceptors (Lipinski definition) is 2. The molecule has 1 N–H and O–H groups in total. The number of halogens is 1. The van der Waals surface area contributed by atoms with Crippen molar-refractivity contribution in [1.29, 1.82) is 0 Å². The smallest absolute Gasteiger partial charge is 0.260 e. The van der Waals surface area contributed by atoms with Gasteiger partial charge < -0.3 is 10.1 Å². The van der Waals surface area contributed by atoms with Crippen LogP contribution in [0.1, 0.15) is 39.5 Å². The van der Waals surface area contributed by atoms with E-state index in [-0.39, 0.29) is 11.9 Å². The highest BCUT2D eigenvalue weighted by Crippen LogP contribution is 2.49. The van der Waals surface area contributed by atoms with Crippen LogP contribution in [0.25, 0.3) is 0 Å². The molecule has 0 saturated heterocycles. The second-order valence-corrected chi connectivity index (χ2v) is 7.23. The van der Waals surface area contributed by atoms with Crippen LogP contribution < -0.4 is 10.1 Å². The van der Waals surface area contributed by atoms with Gasteiger partial charge >= 0.3 is 0 Å². The molecule has 5 unspecified atom stereocenters. The zero-order valence-corrected chi connectivity index (χ0v) is 14.0. The van der Waals surface area contributed by atoms with Gasteiger partial charge in [-0.1, -0.05) is 30.2 Å². The van der Waals surface area contributed by atoms with Crippen LogP contribution in [0.4, 0.5) is 0 Å². The number of ether oxygens (including phenoxy) is 1. The lowest BCUT2D eigenvalue weighted by Crippen LogP contribution is -2.45. The van der Waals surface area contributed by atoms with E-state index >= 15 is 0 Å². The number of carbonyl (C=O) groups excluding carboxylic acids is 1. The fourth-order valence-electron chi connectivity index (χ4n) is 4.14. The summed E-state index contributed by atoms with van der Waals surface area (Å²) in [7, 11) is 0. The Morgan fingerprint density at radius 1 is 1.27 bits per heavy atom. The molecule has 1 aromatic rings. The quantitative estimate of drug-likeness (QED) is 0.888. The molecular weight excluding hydrogens is 298 g/mol. The molecule has 4 heteroatoms. The molecule has 5 atom stereocenters. The van der Waals surface area contributed by atoms with E-state index in [1.807, 2.05) is 12.1 Å². The van der Waals surface area contributed by atoms with E-state index in [1.165, 1.54) is 25.7 Å². The van der Waals surface area contributed by atoms with Crippen LogP contribution in [-0.4, -0.2) is 18.1 Å². The second kappa shape index (κ2) is 6.49. The SMILES string of the molecule is CC(Oc1ccccc1Cl)C(=O)NC(C)C1CC2CCC1C2. The van der Waals surface area contributed by atoms with Gasteiger partial charge in [0.05, 0.1) is 5.02 Å². The van der Waals surface area contributed by atoms with Crippen LogP contribution in [0.15, 0.2) is 24.3 Å². The number of amides is 1. The highest BCUT2D eigenvalue weighted by molar-refractivity contribution is 6.32. The molecule has 120 valence electrons. The molecular formula is C18H24ClNO2. The Kier molecular flexibility index (Phi) is 4.62. The third-order valence-electron chi connectivity index (χ3n) is 5.31. The molecule has 0 aliphatic heterocycles. The molecule has 1 amide bonds. The molecule has 3 rings (SSSR count). The summed E-state index contributed by atoms with van der Waals surface area (Å²) in [5, 5.41) is 3.67. The average molecular weight is 322 g/mol. The Bertz CT molecular complexity index is 548. The average Bonchev–Trinajstić information content (AvgIpc) is 3.12. The summed E-state index contributed by atoms with van der Waals surface area (Å²) in [5.41, 5.74) is 0. The Hall–Kier alpha value is -1.22. The van der Waals surface area contributed by atoms with E-state index in [2.05, 4.69) is 12.2 Å². The standard InChI is InChI=1S/C18H24ClNO2/c1-11(15-10-13-7-8-14(15)9-13)20-18(21)12(2)22-17-6-4-3-5-16(17)19/h3-6,11-15H,7-10H2,1-2H3,(H,20,21). The van der Waals surface area contributed by atoms with Gasteiger partial charge in [-0.15, -0.1) is 0 Å². The van der Waals surface area contributed by atoms with Gasteiger partial charge in [-0.05, 0) is 63.0 Å². The number of benzene rings is 1. The molecule has 2 bridgehead atoms. The summed E-state index contributed by atoms with van der Waals surface area (Å²) in [6.07, 6.45) is 4.80. The zero-order valence-electron chi connectivity index (χ0n) is 13.2. The lowest BCUT2D eigenvalue weighted by molar-refractivity contribution is -0.128. The summed E-state index contributed by atoms with van der Waals surface area (Å²) < 4.78 is 5.69. The zero-order chi connectivity index (χ0) is 15.7. The van der Waals surface area contributed by atoms with Crippen molar-refractivity contribution in [3.8, 4) is 5.75 Å². The summed E-state index contributed by atoms with van der Waals surface area (Å²) in [5.74, 6) is 2.83. The highest BCUT2D eigenvalue weighted by atomic mass is 35.5. The van der Waals surface area contributed by atoms with Gasteiger partial charge in [0, 0.05) is 6.04 Å². The van der Waals surface area contributed by atoms with Crippen LogP contribution in [0.5, 0.6) is 5.75 Å². The highest BCUT2D eigenvalue weighted by Gasteiger charge is 2.42. The fraction of sp³-hybridized carbons (Fsp3) is 0.611. The van der Waals surface area contributed by atoms with Gasteiger partial charge in [-0.2, -0.15) is 0 Å². The molecule has 3 nitrogen and oxygen atoms in total. The number of rotatable bonds is 5. The number of nitrogens with one attached hydrogen (secondary N) is 1. The van der Waals surface area contributed by atoms with Gasteiger partial charge in [0.2, 0.25) is 0 Å². The molecule has 22 heavy (non-hydrogen) atoms. The van der Waals surface area contributed by atoms with E-state index in [9.17, 15) is 4.79 Å². The minimum absolute atomic E-state index is 0.0600. The topological polar surface area (TPSA) is 38.3 Å². The van der Waals surface area contributed by atoms with Crippen LogP contribution in [0.3, 0.4) is 0 Å². The second-order valence-electron chi connectivity index (χ2n) is 6.83. The molecule has 0 aromatic heterocycles. The van der Waals surface area contributed by atoms with Crippen molar-refractivity contribution in [2.75, 3.05) is 0 Å². The normalized spacial score (nSPS) is 29.1. The Balaban J connectivity index is 1.54. The summed E-state index contributed by atoms with van der Waals surface area (Å²) in [6, 6.07) is 7.46. The third-order valence-corrected chi connectivity index (χ3v) is 5.63. The predicted molar refractivity (Wildman–Crippen MR) is 88.1 cm³/mol. The maximum atomic E-state index is 12.4. The van der Waals surface area contributed by atoms with Crippen LogP contribution in [0, 0.1) is 17.8 Å². The minimum atomic E-state index is -0.541. The molecule has 2 aliphatic carbocycles. The first-order chi connectivity index (χ1) is 10.5. The lowest BCUT2D eigenvalue weighted by Gasteiger charge is -2.29. The van der Waals surface area contributed by atoms with E-state index in [1.54, 1.807) is 19.1 Å². The molecule has 2 saturated carbocycles. The number of para-hydroxylation sites is 1. The van der Waals surface area contributed by atoms with Crippen molar-refractivity contribution in [2.24, 2.45) is 17.8 Å². The van der Waals surface area contributed by atoms with Crippen molar-refractivity contribution < 1.29 is 9.53 Å². The van der Waals surface area contributed by atoms with Crippen LogP contribution >= 0.6 is 11.6 Å². The molecule has 0 spiro atoms. The fourth-order valence-corrected chi connectivity index (χ4v) is 4.32. The first-order valence-corrected chi connectivity index (χ1v) is 8.64. The van der Waals surface area contributed by atoms with Crippen molar-refractivity contribution in [1.82, 2.24) is 5.32 Å². The maximum absolute atomic E-state index is 12.4. The summed E-state index contributed by atoms with van der Waals surface area (Å²) >= 11 is 6.07. The first kappa shape index (κ1) is 15.7. The largest absolute Gasteiger partial charge is 0.479 e. The van der Waals surface area contributed by atoms with Crippen LogP contribution in [0.2, 0.25) is 5.02 Å². The molecule has 2 fully saturated rings. The third kappa shape index (κ3) is 3.24. The van der Waals surface area contributed by atoms with Crippen molar-refractivity contribution in [3.05, 3.63) is 29.3 Å². The van der Waals surface area contributed by atoms with E-state index in [4.69, 9.17) is 16.3 Å². The van der Waals surface area contributed by atoms with Crippen molar-refractivity contribution in [2.45, 2.75) is 51.7 Å². The Morgan fingerprint density at radius 2 is 2.05 bits per heavy atom. The number of fused-ring (bicyclic) bond motifs is 2. The first-order valence-electron chi connectivity index (χ1n) is 8.26. The van der Waals surface area contributed by atoms with Gasteiger partial charge in [-0.25, -0.2) is 0 Å². The lowest BCUT2D eigenvalue weighted by atomic mass is 9.84. The molecule has 1 aromatic carbocycles. The number of carbonyl (C=O) groups is 1. The van der Waals surface area contributed by atoms with Crippen molar-refractivity contribution in [3.63, 3.8) is 0 Å². The van der Waals surface area contributed by atoms with Gasteiger partial charge in [0.25, 0.3) is 5.91 Å². The van der Waals surface area contributed by atoms with E-state index in [0.29, 0.717) is 16.7 Å². The summed E-state index contributed by atoms with van der Waals surface area (Å²) in [6.45, 7) is 3.90. The summed E-state index contributed by atoms with van der Waals surface area (Å²) in [4.78, 5) is 12.4. The van der Waals surface area contributed by atoms with Crippen LogP contribution in [-0.2, 0) is 4.79 Å². The van der Waals surface area contributed by atoms with E-state index < -0.39 is 6.10 Å². The van der Waals surface area contributed by atoms with Gasteiger partial charge in [0.1, 0.15) is 5.75 Å². The van der Waals surface area contributed by atoms with Gasteiger partial charge in [-0.3, -0.25) is 4.79 Å². The molecule has 0 radical (unpaired) electrons. The van der Waals surface area contributed by atoms with Crippen molar-refractivity contribution >= 4 is 17.5 Å². The van der Waals surface area contributed by atoms with Gasteiger partial charge in [0.15, 0.2) is 6.10 Å². The number of hydrogen-bond donors (Lipinski definition) is 1. The van der Waals surface area contributed by atoms with E-state index in [0.717, 1.165) is 11.8 Å². The monoisotopic (exact) mass is 321 g/mol.